The largest absolute Gasteiger partial charge is 0.490 e. The van der Waals surface area contributed by atoms with Crippen LogP contribution in [0.3, 0.4) is 0 Å². The Labute approximate surface area is 225 Å². The second-order valence-electron chi connectivity index (χ2n) is 10.8. The average molecular weight is 512 g/mol. The molecule has 0 N–H and O–H groups in total. The molecule has 1 amide bonds. The summed E-state index contributed by atoms with van der Waals surface area (Å²) >= 11 is 0. The lowest BCUT2D eigenvalue weighted by atomic mass is 9.95. The van der Waals surface area contributed by atoms with Gasteiger partial charge in [-0.2, -0.15) is 0 Å². The van der Waals surface area contributed by atoms with Crippen molar-refractivity contribution in [2.45, 2.75) is 57.3 Å². The molecule has 7 nitrogen and oxygen atoms in total. The molecule has 3 aromatic rings. The number of nitrogens with zero attached hydrogens (tertiary/aromatic N) is 5. The number of amides is 1. The Morgan fingerprint density at radius 1 is 0.868 bits per heavy atom. The van der Waals surface area contributed by atoms with Gasteiger partial charge in [-0.15, -0.1) is 0 Å². The van der Waals surface area contributed by atoms with E-state index in [0.29, 0.717) is 6.04 Å². The van der Waals surface area contributed by atoms with Gasteiger partial charge in [0, 0.05) is 76.0 Å². The van der Waals surface area contributed by atoms with Crippen molar-refractivity contribution in [3.05, 3.63) is 89.5 Å². The topological polar surface area (TPSA) is 61.8 Å². The zero-order valence-electron chi connectivity index (χ0n) is 22.0. The number of benzene rings is 2. The summed E-state index contributed by atoms with van der Waals surface area (Å²) in [5, 5.41) is 0. The van der Waals surface area contributed by atoms with E-state index in [1.807, 2.05) is 35.4 Å². The van der Waals surface area contributed by atoms with Crippen molar-refractivity contribution in [1.82, 2.24) is 24.7 Å². The molecule has 4 heterocycles. The smallest absolute Gasteiger partial charge is 0.253 e. The third kappa shape index (κ3) is 5.89. The van der Waals surface area contributed by atoms with Gasteiger partial charge in [0.25, 0.3) is 5.91 Å². The molecule has 3 aliphatic rings. The van der Waals surface area contributed by atoms with E-state index in [0.717, 1.165) is 94.9 Å². The molecule has 3 aliphatic heterocycles. The molecular formula is C31H37N5O2. The van der Waals surface area contributed by atoms with Crippen molar-refractivity contribution in [3.8, 4) is 5.75 Å². The predicted molar refractivity (Wildman–Crippen MR) is 147 cm³/mol. The number of carbonyl (C=O) groups excluding carboxylic acids is 1. The molecule has 38 heavy (non-hydrogen) atoms. The summed E-state index contributed by atoms with van der Waals surface area (Å²) in [6, 6.07) is 17.1. The first kappa shape index (κ1) is 25.0. The van der Waals surface area contributed by atoms with Gasteiger partial charge in [-0.25, -0.2) is 0 Å². The molecule has 198 valence electrons. The average Bonchev–Trinajstić information content (AvgIpc) is 2.98. The number of rotatable bonds is 6. The van der Waals surface area contributed by atoms with Gasteiger partial charge in [0.2, 0.25) is 0 Å². The number of fused-ring (bicyclic) bond motifs is 1. The minimum absolute atomic E-state index is 0.135. The van der Waals surface area contributed by atoms with Gasteiger partial charge in [-0.05, 0) is 67.5 Å². The fraction of sp³-hybridized carbons (Fsp3) is 0.452. The number of aromatic nitrogens is 2. The molecule has 6 rings (SSSR count). The maximum absolute atomic E-state index is 13.2. The van der Waals surface area contributed by atoms with Gasteiger partial charge in [-0.1, -0.05) is 24.3 Å². The van der Waals surface area contributed by atoms with Crippen LogP contribution in [0.2, 0.25) is 0 Å². The maximum atomic E-state index is 13.2. The Morgan fingerprint density at radius 2 is 1.63 bits per heavy atom. The van der Waals surface area contributed by atoms with Crippen LogP contribution in [0.1, 0.15) is 52.9 Å². The summed E-state index contributed by atoms with van der Waals surface area (Å²) in [6.07, 6.45) is 10.7. The molecule has 0 atom stereocenters. The van der Waals surface area contributed by atoms with Crippen LogP contribution in [-0.2, 0) is 19.5 Å². The third-order valence-electron chi connectivity index (χ3n) is 8.37. The lowest BCUT2D eigenvalue weighted by molar-refractivity contribution is 0.0599. The van der Waals surface area contributed by atoms with Crippen LogP contribution in [-0.4, -0.2) is 75.4 Å². The lowest BCUT2D eigenvalue weighted by Gasteiger charge is -2.40. The van der Waals surface area contributed by atoms with Crippen molar-refractivity contribution in [3.63, 3.8) is 0 Å². The Kier molecular flexibility index (Phi) is 7.65. The van der Waals surface area contributed by atoms with Gasteiger partial charge in [0.15, 0.2) is 0 Å². The van der Waals surface area contributed by atoms with E-state index in [4.69, 9.17) is 4.74 Å². The van der Waals surface area contributed by atoms with E-state index in [-0.39, 0.29) is 12.0 Å². The van der Waals surface area contributed by atoms with Crippen LogP contribution in [0.5, 0.6) is 5.75 Å². The lowest BCUT2D eigenvalue weighted by Crippen LogP contribution is -2.48. The van der Waals surface area contributed by atoms with Crippen LogP contribution in [0, 0.1) is 0 Å². The van der Waals surface area contributed by atoms with E-state index >= 15 is 0 Å². The molecule has 0 spiro atoms. The molecule has 0 radical (unpaired) electrons. The Morgan fingerprint density at radius 3 is 2.37 bits per heavy atom. The first-order valence-corrected chi connectivity index (χ1v) is 14.1. The minimum Gasteiger partial charge on any atom is -0.490 e. The third-order valence-corrected chi connectivity index (χ3v) is 8.37. The number of hydrogen-bond donors (Lipinski definition) is 0. The van der Waals surface area contributed by atoms with E-state index in [2.05, 4.69) is 44.0 Å². The number of likely N-dealkylation sites (tertiary alicyclic amines) is 2. The molecule has 1 aromatic heterocycles. The fourth-order valence-electron chi connectivity index (χ4n) is 6.14. The standard InChI is InChI=1S/C31H37N5O2/c37-31(35-19-10-28(11-20-35)36-18-9-24-3-1-2-4-26(24)22-36)25-5-7-29(8-6-25)38-30-12-16-34(17-13-30)23-27-21-32-14-15-33-27/h1-8,14-15,21,28,30H,9-13,16-20,22-23H2. The van der Waals surface area contributed by atoms with Crippen LogP contribution < -0.4 is 4.74 Å². The maximum Gasteiger partial charge on any atom is 0.253 e. The highest BCUT2D eigenvalue weighted by atomic mass is 16.5. The van der Waals surface area contributed by atoms with Crippen molar-refractivity contribution in [2.75, 3.05) is 32.7 Å². The van der Waals surface area contributed by atoms with Gasteiger partial charge in [-0.3, -0.25) is 24.6 Å². The molecule has 0 unspecified atom stereocenters. The number of carbonyl (C=O) groups is 1. The first-order chi connectivity index (χ1) is 18.7. The molecule has 2 aromatic carbocycles. The number of hydrogen-bond acceptors (Lipinski definition) is 6. The summed E-state index contributed by atoms with van der Waals surface area (Å²) in [6.45, 7) is 6.62. The molecule has 0 bridgehead atoms. The quantitative estimate of drug-likeness (QED) is 0.495. The summed E-state index contributed by atoms with van der Waals surface area (Å²) in [5.74, 6) is 0.981. The summed E-state index contributed by atoms with van der Waals surface area (Å²) in [7, 11) is 0. The van der Waals surface area contributed by atoms with Crippen LogP contribution in [0.4, 0.5) is 0 Å². The van der Waals surface area contributed by atoms with Gasteiger partial charge in [0.1, 0.15) is 11.9 Å². The normalized spacial score (nSPS) is 19.7. The van der Waals surface area contributed by atoms with Crippen molar-refractivity contribution in [1.29, 1.82) is 0 Å². The first-order valence-electron chi connectivity index (χ1n) is 14.1. The van der Waals surface area contributed by atoms with E-state index < -0.39 is 0 Å². The highest BCUT2D eigenvalue weighted by Gasteiger charge is 2.29. The zero-order chi connectivity index (χ0) is 25.7. The van der Waals surface area contributed by atoms with Crippen molar-refractivity contribution < 1.29 is 9.53 Å². The highest BCUT2D eigenvalue weighted by Crippen LogP contribution is 2.26. The number of ether oxygens (including phenoxy) is 1. The van der Waals surface area contributed by atoms with Gasteiger partial charge >= 0.3 is 0 Å². The summed E-state index contributed by atoms with van der Waals surface area (Å²) in [4.78, 5) is 28.8. The molecule has 7 heteroatoms. The molecular weight excluding hydrogens is 474 g/mol. The fourth-order valence-corrected chi connectivity index (χ4v) is 6.14. The highest BCUT2D eigenvalue weighted by molar-refractivity contribution is 5.94. The van der Waals surface area contributed by atoms with E-state index in [9.17, 15) is 4.79 Å². The van der Waals surface area contributed by atoms with Crippen LogP contribution in [0.15, 0.2) is 67.1 Å². The summed E-state index contributed by atoms with van der Waals surface area (Å²) < 4.78 is 6.26. The second kappa shape index (κ2) is 11.6. The predicted octanol–water partition coefficient (Wildman–Crippen LogP) is 4.18. The summed E-state index contributed by atoms with van der Waals surface area (Å²) in [5.41, 5.74) is 4.72. The molecule has 2 fully saturated rings. The Balaban J connectivity index is 0.954. The monoisotopic (exact) mass is 511 g/mol. The van der Waals surface area contributed by atoms with E-state index in [1.54, 1.807) is 12.4 Å². The zero-order valence-corrected chi connectivity index (χ0v) is 22.0. The number of piperidine rings is 2. The van der Waals surface area contributed by atoms with Crippen LogP contribution >= 0.6 is 0 Å². The molecule has 0 saturated carbocycles. The Hall–Kier alpha value is -3.29. The van der Waals surface area contributed by atoms with E-state index in [1.165, 1.54) is 11.1 Å². The molecule has 0 aliphatic carbocycles. The van der Waals surface area contributed by atoms with Crippen LogP contribution in [0.25, 0.3) is 0 Å². The SMILES string of the molecule is O=C(c1ccc(OC2CCN(Cc3cnccn3)CC2)cc1)N1CCC(N2CCc3ccccc3C2)CC1. The van der Waals surface area contributed by atoms with Crippen molar-refractivity contribution >= 4 is 5.91 Å². The minimum atomic E-state index is 0.135. The van der Waals surface area contributed by atoms with Crippen molar-refractivity contribution in [2.24, 2.45) is 0 Å². The second-order valence-corrected chi connectivity index (χ2v) is 10.8. The molecule has 2 saturated heterocycles. The van der Waals surface area contributed by atoms with Gasteiger partial charge in [0.05, 0.1) is 5.69 Å². The Bertz CT molecular complexity index is 1200. The van der Waals surface area contributed by atoms with Gasteiger partial charge < -0.3 is 9.64 Å².